The zero-order chi connectivity index (χ0) is 19.4. The lowest BCUT2D eigenvalue weighted by Gasteiger charge is -2.04. The number of benzene rings is 3. The van der Waals surface area contributed by atoms with Crippen molar-refractivity contribution < 1.29 is 4.39 Å². The van der Waals surface area contributed by atoms with Gasteiger partial charge in [-0.2, -0.15) is 0 Å². The molecule has 0 spiro atoms. The Morgan fingerprint density at radius 3 is 1.63 bits per heavy atom. The molecule has 0 saturated carbocycles. The molecule has 27 heavy (non-hydrogen) atoms. The molecule has 0 aliphatic heterocycles. The highest BCUT2D eigenvalue weighted by Crippen LogP contribution is 2.16. The Kier molecular flexibility index (Phi) is 5.44. The van der Waals surface area contributed by atoms with E-state index in [9.17, 15) is 4.39 Å². The summed E-state index contributed by atoms with van der Waals surface area (Å²) in [5, 5.41) is 0. The molecule has 0 fully saturated rings. The summed E-state index contributed by atoms with van der Waals surface area (Å²) >= 11 is 0. The molecular weight excluding hydrogens is 331 g/mol. The minimum Gasteiger partial charge on any atom is -0.207 e. The van der Waals surface area contributed by atoms with Crippen LogP contribution < -0.4 is 0 Å². The predicted octanol–water partition coefficient (Wildman–Crippen LogP) is 5.86. The molecule has 0 aromatic heterocycles. The fraction of sp³-hybridized carbons (Fsp3) is 0.154. The standard InChI is InChI=1S/C26H21F/c1-18-5-8-22(9-6-18)11-13-24-15-21(4)25(16-20(24)3)14-12-23-10-7-19(2)26(27)17-23/h5-10,15-17H,1-4H3. The third-order valence-electron chi connectivity index (χ3n) is 4.48. The summed E-state index contributed by atoms with van der Waals surface area (Å²) in [6.07, 6.45) is 0. The van der Waals surface area contributed by atoms with Gasteiger partial charge in [0.1, 0.15) is 5.82 Å². The molecule has 0 aliphatic carbocycles. The molecule has 1 heteroatoms. The van der Waals surface area contributed by atoms with Crippen molar-refractivity contribution in [3.05, 3.63) is 105 Å². The number of aryl methyl sites for hydroxylation is 4. The number of hydrogen-bond acceptors (Lipinski definition) is 0. The quantitative estimate of drug-likeness (QED) is 0.445. The molecule has 0 nitrogen and oxygen atoms in total. The van der Waals surface area contributed by atoms with Crippen LogP contribution in [0.5, 0.6) is 0 Å². The van der Waals surface area contributed by atoms with Gasteiger partial charge in [0.15, 0.2) is 0 Å². The van der Waals surface area contributed by atoms with Crippen molar-refractivity contribution in [3.63, 3.8) is 0 Å². The van der Waals surface area contributed by atoms with Gasteiger partial charge in [0.25, 0.3) is 0 Å². The first-order valence-corrected chi connectivity index (χ1v) is 8.90. The van der Waals surface area contributed by atoms with Crippen LogP contribution in [0.4, 0.5) is 4.39 Å². The molecule has 0 radical (unpaired) electrons. The molecule has 0 saturated heterocycles. The molecule has 0 atom stereocenters. The Morgan fingerprint density at radius 1 is 0.556 bits per heavy atom. The van der Waals surface area contributed by atoms with E-state index in [1.165, 1.54) is 11.6 Å². The maximum atomic E-state index is 13.7. The molecule has 132 valence electrons. The second kappa shape index (κ2) is 7.94. The monoisotopic (exact) mass is 352 g/mol. The van der Waals surface area contributed by atoms with Gasteiger partial charge in [-0.1, -0.05) is 47.4 Å². The summed E-state index contributed by atoms with van der Waals surface area (Å²) in [4.78, 5) is 0. The number of halogens is 1. The van der Waals surface area contributed by atoms with E-state index in [0.717, 1.165) is 27.8 Å². The van der Waals surface area contributed by atoms with Crippen LogP contribution in [0, 0.1) is 57.2 Å². The van der Waals surface area contributed by atoms with E-state index in [2.05, 4.69) is 48.8 Å². The van der Waals surface area contributed by atoms with Gasteiger partial charge < -0.3 is 0 Å². The second-order valence-corrected chi connectivity index (χ2v) is 6.81. The minimum atomic E-state index is -0.226. The highest BCUT2D eigenvalue weighted by atomic mass is 19.1. The minimum absolute atomic E-state index is 0.226. The van der Waals surface area contributed by atoms with Crippen LogP contribution in [0.25, 0.3) is 0 Å². The Labute approximate surface area is 161 Å². The Bertz CT molecular complexity index is 1110. The zero-order valence-corrected chi connectivity index (χ0v) is 16.1. The molecule has 0 amide bonds. The van der Waals surface area contributed by atoms with E-state index in [-0.39, 0.29) is 5.82 Å². The SMILES string of the molecule is Cc1ccc(C#Cc2cc(C)c(C#Cc3ccc(C)c(F)c3)cc2C)cc1. The molecule has 0 bridgehead atoms. The van der Waals surface area contributed by atoms with Crippen molar-refractivity contribution in [2.45, 2.75) is 27.7 Å². The Hall–Kier alpha value is -3.29. The topological polar surface area (TPSA) is 0 Å². The summed E-state index contributed by atoms with van der Waals surface area (Å²) in [7, 11) is 0. The molecule has 0 heterocycles. The third-order valence-corrected chi connectivity index (χ3v) is 4.48. The molecule has 0 aliphatic rings. The molecule has 0 unspecified atom stereocenters. The van der Waals surface area contributed by atoms with Crippen molar-refractivity contribution in [1.29, 1.82) is 0 Å². The molecule has 3 aromatic carbocycles. The fourth-order valence-corrected chi connectivity index (χ4v) is 2.67. The van der Waals surface area contributed by atoms with Crippen LogP contribution in [-0.2, 0) is 0 Å². The highest BCUT2D eigenvalue weighted by Gasteiger charge is 2.02. The van der Waals surface area contributed by atoms with Crippen LogP contribution in [0.1, 0.15) is 44.5 Å². The van der Waals surface area contributed by atoms with E-state index in [1.807, 2.05) is 38.1 Å². The van der Waals surface area contributed by atoms with Crippen LogP contribution >= 0.6 is 0 Å². The fourth-order valence-electron chi connectivity index (χ4n) is 2.67. The average Bonchev–Trinajstić information content (AvgIpc) is 2.65. The summed E-state index contributed by atoms with van der Waals surface area (Å²) < 4.78 is 13.7. The van der Waals surface area contributed by atoms with E-state index >= 15 is 0 Å². The van der Waals surface area contributed by atoms with Crippen molar-refractivity contribution >= 4 is 0 Å². The summed E-state index contributed by atoms with van der Waals surface area (Å²) in [6.45, 7) is 7.87. The zero-order valence-electron chi connectivity index (χ0n) is 16.1. The van der Waals surface area contributed by atoms with Gasteiger partial charge in [-0.3, -0.25) is 0 Å². The van der Waals surface area contributed by atoms with Gasteiger partial charge in [-0.15, -0.1) is 0 Å². The Balaban J connectivity index is 1.88. The maximum Gasteiger partial charge on any atom is 0.127 e. The lowest BCUT2D eigenvalue weighted by atomic mass is 9.99. The first-order chi connectivity index (χ1) is 12.9. The largest absolute Gasteiger partial charge is 0.207 e. The average molecular weight is 352 g/mol. The molecule has 3 aromatic rings. The van der Waals surface area contributed by atoms with Crippen molar-refractivity contribution in [2.24, 2.45) is 0 Å². The van der Waals surface area contributed by atoms with Gasteiger partial charge in [-0.05, 0) is 80.8 Å². The van der Waals surface area contributed by atoms with Crippen molar-refractivity contribution in [3.8, 4) is 23.7 Å². The summed E-state index contributed by atoms with van der Waals surface area (Å²) in [5.74, 6) is 12.5. The van der Waals surface area contributed by atoms with Gasteiger partial charge in [0, 0.05) is 22.3 Å². The smallest absolute Gasteiger partial charge is 0.127 e. The van der Waals surface area contributed by atoms with Gasteiger partial charge in [0.2, 0.25) is 0 Å². The lowest BCUT2D eigenvalue weighted by molar-refractivity contribution is 0.618. The van der Waals surface area contributed by atoms with Crippen LogP contribution in [0.2, 0.25) is 0 Å². The normalized spacial score (nSPS) is 9.81. The van der Waals surface area contributed by atoms with Gasteiger partial charge >= 0.3 is 0 Å². The molecule has 0 N–H and O–H groups in total. The Morgan fingerprint density at radius 2 is 1.07 bits per heavy atom. The van der Waals surface area contributed by atoms with Crippen LogP contribution in [0.15, 0.2) is 54.6 Å². The van der Waals surface area contributed by atoms with E-state index < -0.39 is 0 Å². The van der Waals surface area contributed by atoms with Crippen LogP contribution in [0.3, 0.4) is 0 Å². The van der Waals surface area contributed by atoms with E-state index in [4.69, 9.17) is 0 Å². The van der Waals surface area contributed by atoms with Crippen LogP contribution in [-0.4, -0.2) is 0 Å². The maximum absolute atomic E-state index is 13.7. The summed E-state index contributed by atoms with van der Waals surface area (Å²) in [6, 6.07) is 17.4. The number of rotatable bonds is 0. The lowest BCUT2D eigenvalue weighted by Crippen LogP contribution is -1.90. The van der Waals surface area contributed by atoms with Gasteiger partial charge in [-0.25, -0.2) is 4.39 Å². The third kappa shape index (κ3) is 4.66. The van der Waals surface area contributed by atoms with Crippen molar-refractivity contribution in [1.82, 2.24) is 0 Å². The first-order valence-electron chi connectivity index (χ1n) is 8.90. The van der Waals surface area contributed by atoms with Gasteiger partial charge in [0.05, 0.1) is 0 Å². The van der Waals surface area contributed by atoms with E-state index in [0.29, 0.717) is 11.1 Å². The predicted molar refractivity (Wildman–Crippen MR) is 110 cm³/mol. The molecule has 3 rings (SSSR count). The highest BCUT2D eigenvalue weighted by molar-refractivity contribution is 5.54. The summed E-state index contributed by atoms with van der Waals surface area (Å²) in [5.41, 5.74) is 7.62. The number of hydrogen-bond donors (Lipinski definition) is 0. The second-order valence-electron chi connectivity index (χ2n) is 6.81. The first kappa shape index (κ1) is 18.5. The van der Waals surface area contributed by atoms with E-state index in [1.54, 1.807) is 13.0 Å². The van der Waals surface area contributed by atoms with Crippen molar-refractivity contribution in [2.75, 3.05) is 0 Å². The molecular formula is C26H21F.